The molecule has 5 nitrogen and oxygen atoms in total. The molecule has 1 amide bonds. The van der Waals surface area contributed by atoms with Gasteiger partial charge in [-0.15, -0.1) is 0 Å². The van der Waals surface area contributed by atoms with Gasteiger partial charge >= 0.3 is 0 Å². The third-order valence-corrected chi connectivity index (χ3v) is 4.11. The fourth-order valence-corrected chi connectivity index (χ4v) is 2.78. The Morgan fingerprint density at radius 3 is 2.64 bits per heavy atom. The molecule has 0 atom stereocenters. The van der Waals surface area contributed by atoms with Crippen LogP contribution < -0.4 is 10.2 Å². The lowest BCUT2D eigenvalue weighted by molar-refractivity contribution is 0.102. The predicted molar refractivity (Wildman–Crippen MR) is 103 cm³/mol. The Kier molecular flexibility index (Phi) is 5.40. The molecule has 0 aliphatic heterocycles. The van der Waals surface area contributed by atoms with Crippen molar-refractivity contribution >= 4 is 33.3 Å². The molecule has 3 rings (SSSR count). The zero-order valence-electron chi connectivity index (χ0n) is 13.7. The highest BCUT2D eigenvalue weighted by Crippen LogP contribution is 2.17. The Bertz CT molecular complexity index is 870. The molecule has 126 valence electrons. The number of rotatable bonds is 5. The summed E-state index contributed by atoms with van der Waals surface area (Å²) in [6.07, 6.45) is 1.41. The van der Waals surface area contributed by atoms with Crippen LogP contribution >= 0.6 is 15.9 Å². The number of benzene rings is 2. The highest BCUT2D eigenvalue weighted by molar-refractivity contribution is 9.10. The van der Waals surface area contributed by atoms with Gasteiger partial charge in [0.25, 0.3) is 5.91 Å². The number of hydrogen-bond acceptors (Lipinski definition) is 4. The highest BCUT2D eigenvalue weighted by atomic mass is 79.9. The van der Waals surface area contributed by atoms with E-state index in [2.05, 4.69) is 43.3 Å². The zero-order chi connectivity index (χ0) is 17.6. The largest absolute Gasteiger partial charge is 0.355 e. The van der Waals surface area contributed by atoms with Crippen molar-refractivity contribution in [2.24, 2.45) is 0 Å². The first kappa shape index (κ1) is 17.1. The Hall–Kier alpha value is -2.73. The van der Waals surface area contributed by atoms with Gasteiger partial charge in [-0.2, -0.15) is 0 Å². The number of amides is 1. The second kappa shape index (κ2) is 7.90. The van der Waals surface area contributed by atoms with Crippen molar-refractivity contribution in [2.45, 2.75) is 6.54 Å². The van der Waals surface area contributed by atoms with Gasteiger partial charge in [0, 0.05) is 29.8 Å². The lowest BCUT2D eigenvalue weighted by Crippen LogP contribution is -2.20. The topological polar surface area (TPSA) is 58.1 Å². The van der Waals surface area contributed by atoms with Crippen molar-refractivity contribution < 1.29 is 4.79 Å². The molecule has 0 fully saturated rings. The number of carbonyl (C=O) groups excluding carboxylic acids is 1. The van der Waals surface area contributed by atoms with Crippen LogP contribution in [0.1, 0.15) is 16.1 Å². The molecule has 0 spiro atoms. The molecule has 0 radical (unpaired) electrons. The minimum atomic E-state index is -0.269. The zero-order valence-corrected chi connectivity index (χ0v) is 15.3. The van der Waals surface area contributed by atoms with E-state index in [0.29, 0.717) is 23.7 Å². The number of hydrogen-bond donors (Lipinski definition) is 1. The SMILES string of the molecule is CN(Cc1ccccc1)c1cc(C(=O)Nc2cccc(Br)c2)ncn1. The summed E-state index contributed by atoms with van der Waals surface area (Å²) in [6, 6.07) is 19.2. The molecular weight excluding hydrogens is 380 g/mol. The van der Waals surface area contributed by atoms with E-state index in [1.807, 2.05) is 54.4 Å². The normalized spacial score (nSPS) is 10.3. The van der Waals surface area contributed by atoms with Gasteiger partial charge in [0.15, 0.2) is 0 Å². The number of carbonyl (C=O) groups is 1. The number of nitrogens with zero attached hydrogens (tertiary/aromatic N) is 3. The number of aromatic nitrogens is 2. The van der Waals surface area contributed by atoms with Crippen LogP contribution in [0, 0.1) is 0 Å². The van der Waals surface area contributed by atoms with Gasteiger partial charge in [-0.25, -0.2) is 9.97 Å². The monoisotopic (exact) mass is 396 g/mol. The van der Waals surface area contributed by atoms with Gasteiger partial charge < -0.3 is 10.2 Å². The molecule has 25 heavy (non-hydrogen) atoms. The minimum Gasteiger partial charge on any atom is -0.355 e. The lowest BCUT2D eigenvalue weighted by Gasteiger charge is -2.18. The lowest BCUT2D eigenvalue weighted by atomic mass is 10.2. The number of halogens is 1. The quantitative estimate of drug-likeness (QED) is 0.704. The van der Waals surface area contributed by atoms with E-state index in [9.17, 15) is 4.79 Å². The molecule has 0 saturated heterocycles. The van der Waals surface area contributed by atoms with E-state index in [4.69, 9.17) is 0 Å². The van der Waals surface area contributed by atoms with Crippen molar-refractivity contribution in [1.29, 1.82) is 0 Å². The first-order valence-electron chi connectivity index (χ1n) is 7.76. The van der Waals surface area contributed by atoms with Crippen LogP contribution in [0.4, 0.5) is 11.5 Å². The summed E-state index contributed by atoms with van der Waals surface area (Å²) < 4.78 is 0.899. The summed E-state index contributed by atoms with van der Waals surface area (Å²) in [5.74, 6) is 0.424. The summed E-state index contributed by atoms with van der Waals surface area (Å²) in [7, 11) is 1.94. The standard InChI is InChI=1S/C19H17BrN4O/c1-24(12-14-6-3-2-4-7-14)18-11-17(21-13-22-18)19(25)23-16-9-5-8-15(20)10-16/h2-11,13H,12H2,1H3,(H,23,25). The number of nitrogens with one attached hydrogen (secondary N) is 1. The molecule has 6 heteroatoms. The smallest absolute Gasteiger partial charge is 0.274 e. The van der Waals surface area contributed by atoms with E-state index in [0.717, 1.165) is 4.47 Å². The molecule has 0 unspecified atom stereocenters. The predicted octanol–water partition coefficient (Wildman–Crippen LogP) is 4.13. The Balaban J connectivity index is 1.73. The van der Waals surface area contributed by atoms with E-state index >= 15 is 0 Å². The van der Waals surface area contributed by atoms with Crippen LogP contribution in [0.2, 0.25) is 0 Å². The third kappa shape index (κ3) is 4.64. The summed E-state index contributed by atoms with van der Waals surface area (Å²) in [5, 5.41) is 2.84. The van der Waals surface area contributed by atoms with Gasteiger partial charge in [-0.05, 0) is 23.8 Å². The highest BCUT2D eigenvalue weighted by Gasteiger charge is 2.11. The molecule has 1 N–H and O–H groups in total. The fourth-order valence-electron chi connectivity index (χ4n) is 2.38. The summed E-state index contributed by atoms with van der Waals surface area (Å²) in [4.78, 5) is 22.8. The van der Waals surface area contributed by atoms with Gasteiger partial charge in [-0.3, -0.25) is 4.79 Å². The second-order valence-electron chi connectivity index (χ2n) is 5.57. The summed E-state index contributed by atoms with van der Waals surface area (Å²) >= 11 is 3.39. The molecule has 1 heterocycles. The number of anilines is 2. The molecule has 0 aliphatic carbocycles. The average molecular weight is 397 g/mol. The van der Waals surface area contributed by atoms with Crippen LogP contribution in [0.5, 0.6) is 0 Å². The Morgan fingerprint density at radius 1 is 1.08 bits per heavy atom. The van der Waals surface area contributed by atoms with E-state index in [-0.39, 0.29) is 5.91 Å². The Morgan fingerprint density at radius 2 is 1.88 bits per heavy atom. The molecule has 1 aromatic heterocycles. The van der Waals surface area contributed by atoms with Gasteiger partial charge in [-0.1, -0.05) is 52.3 Å². The molecule has 0 bridgehead atoms. The van der Waals surface area contributed by atoms with E-state index in [1.165, 1.54) is 11.9 Å². The van der Waals surface area contributed by atoms with Crippen LogP contribution in [0.3, 0.4) is 0 Å². The van der Waals surface area contributed by atoms with Crippen LogP contribution in [-0.4, -0.2) is 22.9 Å². The average Bonchev–Trinajstić information content (AvgIpc) is 2.62. The van der Waals surface area contributed by atoms with E-state index in [1.54, 1.807) is 6.07 Å². The van der Waals surface area contributed by atoms with Crippen molar-refractivity contribution in [3.05, 3.63) is 82.7 Å². The van der Waals surface area contributed by atoms with Crippen molar-refractivity contribution in [3.8, 4) is 0 Å². The first-order valence-corrected chi connectivity index (χ1v) is 8.55. The van der Waals surface area contributed by atoms with Gasteiger partial charge in [0.2, 0.25) is 0 Å². The summed E-state index contributed by atoms with van der Waals surface area (Å²) in [5.41, 5.74) is 2.20. The van der Waals surface area contributed by atoms with Gasteiger partial charge in [0.05, 0.1) is 0 Å². The maximum absolute atomic E-state index is 12.4. The fraction of sp³-hybridized carbons (Fsp3) is 0.105. The minimum absolute atomic E-state index is 0.269. The van der Waals surface area contributed by atoms with Crippen LogP contribution in [0.15, 0.2) is 71.5 Å². The van der Waals surface area contributed by atoms with Crippen LogP contribution in [0.25, 0.3) is 0 Å². The molecule has 3 aromatic rings. The van der Waals surface area contributed by atoms with E-state index < -0.39 is 0 Å². The van der Waals surface area contributed by atoms with Gasteiger partial charge in [0.1, 0.15) is 17.8 Å². The van der Waals surface area contributed by atoms with Crippen LogP contribution in [-0.2, 0) is 6.54 Å². The molecule has 2 aromatic carbocycles. The second-order valence-corrected chi connectivity index (χ2v) is 6.48. The molecular formula is C19H17BrN4O. The van der Waals surface area contributed by atoms with Crippen molar-refractivity contribution in [2.75, 3.05) is 17.3 Å². The maximum atomic E-state index is 12.4. The van der Waals surface area contributed by atoms with Crippen molar-refractivity contribution in [3.63, 3.8) is 0 Å². The van der Waals surface area contributed by atoms with Crippen molar-refractivity contribution in [1.82, 2.24) is 9.97 Å². The maximum Gasteiger partial charge on any atom is 0.274 e. The third-order valence-electron chi connectivity index (χ3n) is 3.62. The summed E-state index contributed by atoms with van der Waals surface area (Å²) in [6.45, 7) is 0.699. The molecule has 0 saturated carbocycles. The first-order chi connectivity index (χ1) is 12.1. The molecule has 0 aliphatic rings. The Labute approximate surface area is 154 Å².